The Hall–Kier alpha value is 0.0500. The lowest BCUT2D eigenvalue weighted by Gasteiger charge is -2.14. The number of sulfonamides is 1. The van der Waals surface area contributed by atoms with Crippen molar-refractivity contribution in [3.63, 3.8) is 0 Å². The van der Waals surface area contributed by atoms with E-state index < -0.39 is 10.0 Å². The van der Waals surface area contributed by atoms with Crippen LogP contribution in [0.4, 0.5) is 0 Å². The van der Waals surface area contributed by atoms with Gasteiger partial charge >= 0.3 is 0 Å². The van der Waals surface area contributed by atoms with Gasteiger partial charge in [-0.25, -0.2) is 13.1 Å². The van der Waals surface area contributed by atoms with Crippen molar-refractivity contribution < 1.29 is 13.5 Å². The molecule has 1 fully saturated rings. The van der Waals surface area contributed by atoms with E-state index in [0.717, 1.165) is 21.5 Å². The summed E-state index contributed by atoms with van der Waals surface area (Å²) in [4.78, 5) is 1.13. The first kappa shape index (κ1) is 14.5. The van der Waals surface area contributed by atoms with Crippen LogP contribution in [0.2, 0.25) is 0 Å². The van der Waals surface area contributed by atoms with Crippen molar-refractivity contribution in [2.24, 2.45) is 5.41 Å². The molecule has 0 radical (unpaired) electrons. The van der Waals surface area contributed by atoms with Gasteiger partial charge in [0.05, 0.1) is 8.68 Å². The predicted molar refractivity (Wildman–Crippen MR) is 75.3 cm³/mol. The summed E-state index contributed by atoms with van der Waals surface area (Å²) in [6, 6.07) is 1.63. The minimum Gasteiger partial charge on any atom is -0.396 e. The van der Waals surface area contributed by atoms with Gasteiger partial charge in [0, 0.05) is 18.0 Å². The monoisotopic (exact) mass is 353 g/mol. The molecule has 0 atom stereocenters. The molecule has 4 nitrogen and oxygen atoms in total. The molecule has 0 bridgehead atoms. The first-order valence-electron chi connectivity index (χ1n) is 5.75. The summed E-state index contributed by atoms with van der Waals surface area (Å²) in [6.45, 7) is 2.33. The van der Waals surface area contributed by atoms with Crippen LogP contribution in [0.25, 0.3) is 0 Å². The number of nitrogens with one attached hydrogen (secondary N) is 1. The van der Waals surface area contributed by atoms with Gasteiger partial charge in [-0.05, 0) is 53.6 Å². The van der Waals surface area contributed by atoms with Gasteiger partial charge in [0.2, 0.25) is 10.0 Å². The minimum absolute atomic E-state index is 0.0109. The largest absolute Gasteiger partial charge is 0.396 e. The SMILES string of the molecule is Cc1sc(Br)cc1S(=O)(=O)NCC1(CCO)CC1. The van der Waals surface area contributed by atoms with Gasteiger partial charge in [-0.3, -0.25) is 0 Å². The standard InChI is InChI=1S/C11H16BrNO3S2/c1-8-9(6-10(12)17-8)18(15,16)13-7-11(2-3-11)4-5-14/h6,13-14H,2-5,7H2,1H3. The number of thiophene rings is 1. The van der Waals surface area contributed by atoms with Gasteiger partial charge in [-0.15, -0.1) is 11.3 Å². The van der Waals surface area contributed by atoms with E-state index in [4.69, 9.17) is 5.11 Å². The lowest BCUT2D eigenvalue weighted by atomic mass is 10.0. The number of hydrogen-bond acceptors (Lipinski definition) is 4. The summed E-state index contributed by atoms with van der Waals surface area (Å²) >= 11 is 4.71. The topological polar surface area (TPSA) is 66.4 Å². The van der Waals surface area contributed by atoms with Crippen LogP contribution in [-0.2, 0) is 10.0 Å². The molecule has 0 aromatic carbocycles. The van der Waals surface area contributed by atoms with Crippen molar-refractivity contribution in [1.29, 1.82) is 0 Å². The van der Waals surface area contributed by atoms with E-state index in [2.05, 4.69) is 20.7 Å². The molecule has 0 spiro atoms. The van der Waals surface area contributed by atoms with Crippen LogP contribution < -0.4 is 4.72 Å². The molecule has 1 heterocycles. The third-order valence-electron chi connectivity index (χ3n) is 3.37. The van der Waals surface area contributed by atoms with Crippen molar-refractivity contribution in [3.05, 3.63) is 14.7 Å². The zero-order chi connectivity index (χ0) is 13.4. The summed E-state index contributed by atoms with van der Waals surface area (Å²) in [7, 11) is -3.43. The molecular weight excluding hydrogens is 338 g/mol. The van der Waals surface area contributed by atoms with E-state index in [0.29, 0.717) is 17.9 Å². The maximum Gasteiger partial charge on any atom is 0.241 e. The average Bonchev–Trinajstić information content (AvgIpc) is 2.96. The molecule has 2 rings (SSSR count). The molecule has 1 aromatic rings. The van der Waals surface area contributed by atoms with Crippen molar-refractivity contribution in [2.45, 2.75) is 31.1 Å². The number of rotatable bonds is 6. The molecule has 0 aliphatic heterocycles. The Morgan fingerprint density at radius 2 is 2.22 bits per heavy atom. The molecule has 1 aliphatic carbocycles. The molecule has 1 aliphatic rings. The van der Waals surface area contributed by atoms with Crippen molar-refractivity contribution in [1.82, 2.24) is 4.72 Å². The number of aliphatic hydroxyl groups excluding tert-OH is 1. The third kappa shape index (κ3) is 3.14. The smallest absolute Gasteiger partial charge is 0.241 e. The van der Waals surface area contributed by atoms with Crippen LogP contribution in [0.3, 0.4) is 0 Å². The first-order valence-corrected chi connectivity index (χ1v) is 8.84. The van der Waals surface area contributed by atoms with Gasteiger partial charge in [0.15, 0.2) is 0 Å². The van der Waals surface area contributed by atoms with E-state index in [1.165, 1.54) is 11.3 Å². The van der Waals surface area contributed by atoms with Crippen molar-refractivity contribution >= 4 is 37.3 Å². The van der Waals surface area contributed by atoms with Gasteiger partial charge < -0.3 is 5.11 Å². The fourth-order valence-corrected chi connectivity index (χ4v) is 5.52. The molecule has 1 aromatic heterocycles. The quantitative estimate of drug-likeness (QED) is 0.824. The predicted octanol–water partition coefficient (Wildman–Crippen LogP) is 2.26. The Bertz CT molecular complexity index is 534. The van der Waals surface area contributed by atoms with Crippen LogP contribution in [-0.4, -0.2) is 26.7 Å². The number of aliphatic hydroxyl groups is 1. The second-order valence-corrected chi connectivity index (χ2v) is 9.14. The first-order chi connectivity index (χ1) is 8.38. The molecule has 102 valence electrons. The molecule has 0 unspecified atom stereocenters. The highest BCUT2D eigenvalue weighted by Gasteiger charge is 2.42. The van der Waals surface area contributed by atoms with E-state index in [-0.39, 0.29) is 12.0 Å². The fourth-order valence-electron chi connectivity index (χ4n) is 1.95. The highest BCUT2D eigenvalue weighted by atomic mass is 79.9. The second-order valence-electron chi connectivity index (χ2n) is 4.77. The van der Waals surface area contributed by atoms with E-state index in [1.54, 1.807) is 13.0 Å². The molecule has 2 N–H and O–H groups in total. The van der Waals surface area contributed by atoms with E-state index in [9.17, 15) is 8.42 Å². The van der Waals surface area contributed by atoms with E-state index in [1.807, 2.05) is 0 Å². The molecule has 1 saturated carbocycles. The third-order valence-corrected chi connectivity index (χ3v) is 6.58. The summed E-state index contributed by atoms with van der Waals surface area (Å²) in [5.74, 6) is 0. The van der Waals surface area contributed by atoms with Crippen LogP contribution in [0.5, 0.6) is 0 Å². The van der Waals surface area contributed by atoms with Gasteiger partial charge in [0.25, 0.3) is 0 Å². The second kappa shape index (κ2) is 5.20. The summed E-state index contributed by atoms with van der Waals surface area (Å²) in [5.41, 5.74) is -0.0109. The Morgan fingerprint density at radius 1 is 1.56 bits per heavy atom. The Labute approximate surface area is 120 Å². The van der Waals surface area contributed by atoms with Gasteiger partial charge in [-0.1, -0.05) is 0 Å². The summed E-state index contributed by atoms with van der Waals surface area (Å²) < 4.78 is 27.8. The lowest BCUT2D eigenvalue weighted by molar-refractivity contribution is 0.249. The zero-order valence-corrected chi connectivity index (χ0v) is 13.3. The van der Waals surface area contributed by atoms with Crippen LogP contribution in [0.1, 0.15) is 24.1 Å². The average molecular weight is 354 g/mol. The fraction of sp³-hybridized carbons (Fsp3) is 0.636. The molecular formula is C11H16BrNO3S2. The molecule has 0 amide bonds. The highest BCUT2D eigenvalue weighted by molar-refractivity contribution is 9.11. The lowest BCUT2D eigenvalue weighted by Crippen LogP contribution is -2.30. The number of halogens is 1. The maximum atomic E-state index is 12.2. The normalized spacial score (nSPS) is 17.9. The van der Waals surface area contributed by atoms with Crippen LogP contribution in [0.15, 0.2) is 14.7 Å². The number of hydrogen-bond donors (Lipinski definition) is 2. The minimum atomic E-state index is -3.43. The summed E-state index contributed by atoms with van der Waals surface area (Å²) in [5, 5.41) is 8.95. The van der Waals surface area contributed by atoms with Gasteiger partial charge in [-0.2, -0.15) is 0 Å². The summed E-state index contributed by atoms with van der Waals surface area (Å²) in [6.07, 6.45) is 2.65. The number of aryl methyl sites for hydroxylation is 1. The van der Waals surface area contributed by atoms with Gasteiger partial charge in [0.1, 0.15) is 0 Å². The maximum absolute atomic E-state index is 12.2. The Balaban J connectivity index is 2.06. The molecule has 7 heteroatoms. The Kier molecular flexibility index (Phi) is 4.18. The van der Waals surface area contributed by atoms with Crippen molar-refractivity contribution in [2.75, 3.05) is 13.2 Å². The zero-order valence-electron chi connectivity index (χ0n) is 10.1. The molecule has 18 heavy (non-hydrogen) atoms. The van der Waals surface area contributed by atoms with Crippen LogP contribution in [0, 0.1) is 12.3 Å². The van der Waals surface area contributed by atoms with E-state index >= 15 is 0 Å². The molecule has 0 saturated heterocycles. The van der Waals surface area contributed by atoms with Crippen LogP contribution >= 0.6 is 27.3 Å². The highest BCUT2D eigenvalue weighted by Crippen LogP contribution is 2.48. The van der Waals surface area contributed by atoms with Crippen molar-refractivity contribution in [3.8, 4) is 0 Å². The Morgan fingerprint density at radius 3 is 2.67 bits per heavy atom.